The van der Waals surface area contributed by atoms with Crippen molar-refractivity contribution in [2.75, 3.05) is 18.1 Å². The van der Waals surface area contributed by atoms with Gasteiger partial charge in [0.15, 0.2) is 10.9 Å². The minimum atomic E-state index is -0.520. The Morgan fingerprint density at radius 2 is 2.24 bits per heavy atom. The molecule has 7 nitrogen and oxygen atoms in total. The highest BCUT2D eigenvalue weighted by molar-refractivity contribution is 7.99. The van der Waals surface area contributed by atoms with Crippen molar-refractivity contribution in [3.63, 3.8) is 0 Å². The molecule has 0 saturated heterocycles. The zero-order valence-corrected chi connectivity index (χ0v) is 10.1. The van der Waals surface area contributed by atoms with Gasteiger partial charge in [0.05, 0.1) is 12.4 Å². The third-order valence-electron chi connectivity index (χ3n) is 1.58. The first-order chi connectivity index (χ1) is 8.11. The Balaban J connectivity index is 2.35. The number of nitrogen functional groups attached to an aromatic ring is 1. The van der Waals surface area contributed by atoms with Crippen LogP contribution in [0.2, 0.25) is 0 Å². The van der Waals surface area contributed by atoms with Gasteiger partial charge in [-0.15, -0.1) is 0 Å². The fourth-order valence-electron chi connectivity index (χ4n) is 0.932. The van der Waals surface area contributed by atoms with Crippen molar-refractivity contribution in [2.45, 2.75) is 18.5 Å². The van der Waals surface area contributed by atoms with Crippen LogP contribution in [0.5, 0.6) is 0 Å². The van der Waals surface area contributed by atoms with E-state index in [0.717, 1.165) is 11.8 Å². The van der Waals surface area contributed by atoms with E-state index in [0.29, 0.717) is 5.16 Å². The summed E-state index contributed by atoms with van der Waals surface area (Å²) in [5.41, 5.74) is 5.35. The summed E-state index contributed by atoms with van der Waals surface area (Å²) in [5.74, 6) is -0.566. The predicted molar refractivity (Wildman–Crippen MR) is 61.2 cm³/mol. The zero-order valence-electron chi connectivity index (χ0n) is 9.25. The molecular formula is C9H12N4O3S. The number of esters is 1. The van der Waals surface area contributed by atoms with Crippen LogP contribution in [0.25, 0.3) is 0 Å². The number of nitrogens with zero attached hydrogens (tertiary/aromatic N) is 3. The highest BCUT2D eigenvalue weighted by atomic mass is 32.2. The van der Waals surface area contributed by atoms with Crippen molar-refractivity contribution in [3.8, 4) is 0 Å². The molecule has 1 heterocycles. The van der Waals surface area contributed by atoms with E-state index in [1.54, 1.807) is 6.92 Å². The third kappa shape index (κ3) is 5.25. The maximum absolute atomic E-state index is 11.4. The summed E-state index contributed by atoms with van der Waals surface area (Å²) in [4.78, 5) is 33.6. The first kappa shape index (κ1) is 13.4. The van der Waals surface area contributed by atoms with Crippen molar-refractivity contribution >= 4 is 29.5 Å². The van der Waals surface area contributed by atoms with Crippen LogP contribution in [-0.2, 0) is 14.3 Å². The van der Waals surface area contributed by atoms with Gasteiger partial charge in [-0.1, -0.05) is 11.8 Å². The highest BCUT2D eigenvalue weighted by Gasteiger charge is 2.11. The smallest absolute Gasteiger partial charge is 0.313 e. The molecule has 1 aromatic heterocycles. The van der Waals surface area contributed by atoms with E-state index in [-0.39, 0.29) is 30.5 Å². The quantitative estimate of drug-likeness (QED) is 0.432. The Labute approximate surface area is 102 Å². The van der Waals surface area contributed by atoms with Crippen LogP contribution in [0.1, 0.15) is 13.3 Å². The van der Waals surface area contributed by atoms with Crippen LogP contribution in [0.15, 0.2) is 11.5 Å². The van der Waals surface area contributed by atoms with E-state index >= 15 is 0 Å². The molecule has 0 amide bonds. The molecule has 2 N–H and O–H groups in total. The van der Waals surface area contributed by atoms with E-state index in [1.807, 2.05) is 0 Å². The zero-order chi connectivity index (χ0) is 12.7. The fourth-order valence-corrected chi connectivity index (χ4v) is 1.60. The topological polar surface area (TPSA) is 108 Å². The Kier molecular flexibility index (Phi) is 5.34. The average molecular weight is 256 g/mol. The average Bonchev–Trinajstić information content (AvgIpc) is 2.27. The molecule has 1 rings (SSSR count). The molecule has 0 aromatic carbocycles. The summed E-state index contributed by atoms with van der Waals surface area (Å²) in [5, 5.41) is 0.356. The summed E-state index contributed by atoms with van der Waals surface area (Å²) < 4.78 is 4.65. The van der Waals surface area contributed by atoms with Gasteiger partial charge in [0, 0.05) is 0 Å². The SMILES string of the molecule is CCOC(=O)CC(=O)CSc1ncnc(N)n1. The lowest BCUT2D eigenvalue weighted by molar-refractivity contribution is -0.145. The van der Waals surface area contributed by atoms with Gasteiger partial charge in [0.2, 0.25) is 5.95 Å². The number of ether oxygens (including phenoxy) is 1. The molecule has 0 atom stereocenters. The second-order valence-electron chi connectivity index (χ2n) is 2.94. The number of ketones is 1. The molecule has 1 aromatic rings. The van der Waals surface area contributed by atoms with E-state index in [9.17, 15) is 9.59 Å². The molecule has 0 fully saturated rings. The second kappa shape index (κ2) is 6.79. The van der Waals surface area contributed by atoms with Crippen molar-refractivity contribution in [2.24, 2.45) is 0 Å². The Morgan fingerprint density at radius 1 is 1.47 bits per heavy atom. The number of hydrogen-bond acceptors (Lipinski definition) is 8. The number of rotatable bonds is 6. The number of carbonyl (C=O) groups excluding carboxylic acids is 2. The monoisotopic (exact) mass is 256 g/mol. The molecule has 0 bridgehead atoms. The molecule has 92 valence electrons. The maximum atomic E-state index is 11.4. The van der Waals surface area contributed by atoms with Crippen LogP contribution < -0.4 is 5.73 Å². The van der Waals surface area contributed by atoms with E-state index in [4.69, 9.17) is 5.73 Å². The Hall–Kier alpha value is -1.70. The van der Waals surface area contributed by atoms with Gasteiger partial charge in [0.25, 0.3) is 0 Å². The van der Waals surface area contributed by atoms with Crippen molar-refractivity contribution in [1.29, 1.82) is 0 Å². The maximum Gasteiger partial charge on any atom is 0.313 e. The molecule has 0 aliphatic carbocycles. The second-order valence-corrected chi connectivity index (χ2v) is 3.88. The van der Waals surface area contributed by atoms with Crippen LogP contribution in [0.3, 0.4) is 0 Å². The molecule has 0 aliphatic rings. The largest absolute Gasteiger partial charge is 0.466 e. The van der Waals surface area contributed by atoms with E-state index in [1.165, 1.54) is 6.33 Å². The van der Waals surface area contributed by atoms with Gasteiger partial charge < -0.3 is 10.5 Å². The van der Waals surface area contributed by atoms with Gasteiger partial charge >= 0.3 is 5.97 Å². The number of aromatic nitrogens is 3. The first-order valence-electron chi connectivity index (χ1n) is 4.86. The van der Waals surface area contributed by atoms with Crippen molar-refractivity contribution < 1.29 is 14.3 Å². The molecule has 0 aliphatic heterocycles. The van der Waals surface area contributed by atoms with Crippen LogP contribution in [0, 0.1) is 0 Å². The summed E-state index contributed by atoms with van der Waals surface area (Å²) >= 11 is 1.10. The number of Topliss-reactive ketones (excluding diaryl/α,β-unsaturated/α-hetero) is 1. The molecular weight excluding hydrogens is 244 g/mol. The van der Waals surface area contributed by atoms with Crippen LogP contribution >= 0.6 is 11.8 Å². The summed E-state index contributed by atoms with van der Waals surface area (Å²) in [6, 6.07) is 0. The van der Waals surface area contributed by atoms with E-state index < -0.39 is 5.97 Å². The van der Waals surface area contributed by atoms with E-state index in [2.05, 4.69) is 19.7 Å². The third-order valence-corrected chi connectivity index (χ3v) is 2.50. The lowest BCUT2D eigenvalue weighted by Crippen LogP contribution is -2.13. The normalized spacial score (nSPS) is 9.94. The Bertz CT molecular complexity index is 413. The fraction of sp³-hybridized carbons (Fsp3) is 0.444. The van der Waals surface area contributed by atoms with Crippen molar-refractivity contribution in [1.82, 2.24) is 15.0 Å². The first-order valence-corrected chi connectivity index (χ1v) is 5.85. The van der Waals surface area contributed by atoms with Crippen molar-refractivity contribution in [3.05, 3.63) is 6.33 Å². The predicted octanol–water partition coefficient (Wildman–Crippen LogP) is 0.0682. The minimum absolute atomic E-state index is 0.0975. The van der Waals surface area contributed by atoms with Crippen LogP contribution in [-0.4, -0.2) is 39.1 Å². The lowest BCUT2D eigenvalue weighted by atomic mass is 10.3. The molecule has 0 spiro atoms. The lowest BCUT2D eigenvalue weighted by Gasteiger charge is -2.01. The van der Waals surface area contributed by atoms with Gasteiger partial charge in [-0.2, -0.15) is 4.98 Å². The Morgan fingerprint density at radius 3 is 2.88 bits per heavy atom. The number of hydrogen-bond donors (Lipinski definition) is 1. The summed E-state index contributed by atoms with van der Waals surface area (Å²) in [6.07, 6.45) is 1.03. The molecule has 8 heteroatoms. The highest BCUT2D eigenvalue weighted by Crippen LogP contribution is 2.12. The number of carbonyl (C=O) groups is 2. The van der Waals surface area contributed by atoms with Gasteiger partial charge in [-0.25, -0.2) is 9.97 Å². The molecule has 0 saturated carbocycles. The molecule has 0 unspecified atom stereocenters. The van der Waals surface area contributed by atoms with Gasteiger partial charge in [-0.3, -0.25) is 9.59 Å². The number of nitrogens with two attached hydrogens (primary N) is 1. The standard InChI is InChI=1S/C9H12N4O3S/c1-2-16-7(15)3-6(14)4-17-9-12-5-11-8(10)13-9/h5H,2-4H2,1H3,(H2,10,11,12,13). The summed E-state index contributed by atoms with van der Waals surface area (Å²) in [7, 11) is 0. The summed E-state index contributed by atoms with van der Waals surface area (Å²) in [6.45, 7) is 1.95. The minimum Gasteiger partial charge on any atom is -0.466 e. The van der Waals surface area contributed by atoms with Gasteiger partial charge in [0.1, 0.15) is 12.7 Å². The molecule has 0 radical (unpaired) electrons. The van der Waals surface area contributed by atoms with Crippen LogP contribution in [0.4, 0.5) is 5.95 Å². The number of thioether (sulfide) groups is 1. The number of anilines is 1. The van der Waals surface area contributed by atoms with Gasteiger partial charge in [-0.05, 0) is 6.92 Å². The molecule has 17 heavy (non-hydrogen) atoms.